The van der Waals surface area contributed by atoms with Gasteiger partial charge in [-0.2, -0.15) is 0 Å². The van der Waals surface area contributed by atoms with Crippen LogP contribution in [0.4, 0.5) is 5.82 Å². The minimum absolute atomic E-state index is 0.499. The summed E-state index contributed by atoms with van der Waals surface area (Å²) in [5.74, 6) is 1.93. The Morgan fingerprint density at radius 3 is 1.55 bits per heavy atom. The fourth-order valence-electron chi connectivity index (χ4n) is 9.97. The van der Waals surface area contributed by atoms with Crippen molar-refractivity contribution in [2.45, 2.75) is 55.4 Å². The van der Waals surface area contributed by atoms with E-state index in [4.69, 9.17) is 29.2 Å². The van der Waals surface area contributed by atoms with E-state index in [-0.39, 0.29) is 0 Å². The van der Waals surface area contributed by atoms with Crippen LogP contribution >= 0.6 is 0 Å². The van der Waals surface area contributed by atoms with Crippen molar-refractivity contribution >= 4 is 17.0 Å². The maximum Gasteiger partial charge on any atom is 0.167 e. The molecule has 0 bridgehead atoms. The largest absolute Gasteiger partial charge is 0.497 e. The lowest BCUT2D eigenvalue weighted by Crippen LogP contribution is -2.54. The van der Waals surface area contributed by atoms with Gasteiger partial charge in [0.15, 0.2) is 23.2 Å². The molecule has 11 nitrogen and oxygen atoms in total. The Hall–Kier alpha value is -6.89. The molecular formula is C54H54N6O5. The van der Waals surface area contributed by atoms with E-state index in [2.05, 4.69) is 60.5 Å². The van der Waals surface area contributed by atoms with E-state index >= 15 is 0 Å². The van der Waals surface area contributed by atoms with Gasteiger partial charge in [0, 0.05) is 0 Å². The SMILES string of the molecule is CCN(CC)[C@@H]1[C@H](O)[C@@H](C(O)C(c2ccccc2)(c2ccccc2)c2ccc(OC)cc2)O[C@H]1n1cnc2c(NC(c3ccccc3)(c3ccccc3)c3ccc(OC)cc3)ncnc21. The van der Waals surface area contributed by atoms with Gasteiger partial charge in [-0.25, -0.2) is 15.0 Å². The molecule has 9 rings (SSSR count). The number of nitrogens with one attached hydrogen (secondary N) is 1. The number of hydrogen-bond acceptors (Lipinski definition) is 10. The molecule has 1 aliphatic rings. The number of aliphatic hydroxyl groups is 2. The third-order valence-corrected chi connectivity index (χ3v) is 13.1. The number of methoxy groups -OCH3 is 2. The molecule has 8 aromatic rings. The van der Waals surface area contributed by atoms with E-state index in [1.807, 2.05) is 138 Å². The van der Waals surface area contributed by atoms with E-state index in [0.29, 0.717) is 35.8 Å². The molecule has 0 spiro atoms. The maximum absolute atomic E-state index is 13.3. The van der Waals surface area contributed by atoms with Crippen LogP contribution in [0.5, 0.6) is 11.5 Å². The summed E-state index contributed by atoms with van der Waals surface area (Å²) < 4.78 is 20.2. The van der Waals surface area contributed by atoms with Gasteiger partial charge in [-0.3, -0.25) is 9.47 Å². The van der Waals surface area contributed by atoms with Crippen molar-refractivity contribution < 1.29 is 24.4 Å². The van der Waals surface area contributed by atoms with Crippen molar-refractivity contribution in [1.82, 2.24) is 24.4 Å². The second kappa shape index (κ2) is 18.7. The quantitative estimate of drug-likeness (QED) is 0.0813. The topological polar surface area (TPSA) is 127 Å². The van der Waals surface area contributed by atoms with Crippen LogP contribution in [0, 0.1) is 0 Å². The van der Waals surface area contributed by atoms with Gasteiger partial charge in [-0.05, 0) is 70.7 Å². The number of aliphatic hydroxyl groups excluding tert-OH is 2. The molecule has 3 heterocycles. The fraction of sp³-hybridized carbons (Fsp3) is 0.241. The van der Waals surface area contributed by atoms with Gasteiger partial charge in [0.2, 0.25) is 0 Å². The first-order chi connectivity index (χ1) is 31.9. The number of ether oxygens (including phenoxy) is 3. The number of nitrogens with zero attached hydrogens (tertiary/aromatic N) is 5. The van der Waals surface area contributed by atoms with Gasteiger partial charge in [0.1, 0.15) is 41.7 Å². The molecule has 1 fully saturated rings. The highest BCUT2D eigenvalue weighted by molar-refractivity contribution is 5.84. The number of likely N-dealkylation sites (N-methyl/N-ethyl adjacent to an activating group) is 1. The average molecular weight is 867 g/mol. The molecule has 330 valence electrons. The molecular weight excluding hydrogens is 813 g/mol. The Balaban J connectivity index is 1.18. The molecule has 3 N–H and O–H groups in total. The lowest BCUT2D eigenvalue weighted by molar-refractivity contribution is -0.0966. The molecule has 0 saturated carbocycles. The van der Waals surface area contributed by atoms with E-state index in [1.54, 1.807) is 20.5 Å². The van der Waals surface area contributed by atoms with E-state index in [1.165, 1.54) is 6.33 Å². The summed E-state index contributed by atoms with van der Waals surface area (Å²) in [5.41, 5.74) is 4.34. The lowest BCUT2D eigenvalue weighted by Gasteiger charge is -2.43. The summed E-state index contributed by atoms with van der Waals surface area (Å²) in [7, 11) is 3.29. The molecule has 11 heteroatoms. The highest BCUT2D eigenvalue weighted by atomic mass is 16.5. The summed E-state index contributed by atoms with van der Waals surface area (Å²) in [6, 6.07) is 55.6. The minimum atomic E-state index is -1.29. The molecule has 0 aliphatic carbocycles. The van der Waals surface area contributed by atoms with Crippen molar-refractivity contribution in [3.63, 3.8) is 0 Å². The van der Waals surface area contributed by atoms with Crippen LogP contribution in [0.2, 0.25) is 0 Å². The van der Waals surface area contributed by atoms with Crippen LogP contribution in [0.25, 0.3) is 11.2 Å². The predicted molar refractivity (Wildman–Crippen MR) is 253 cm³/mol. The monoisotopic (exact) mass is 866 g/mol. The van der Waals surface area contributed by atoms with Crippen LogP contribution in [-0.4, -0.2) is 86.3 Å². The van der Waals surface area contributed by atoms with Crippen LogP contribution in [0.3, 0.4) is 0 Å². The van der Waals surface area contributed by atoms with Crippen LogP contribution in [0.15, 0.2) is 183 Å². The van der Waals surface area contributed by atoms with Crippen LogP contribution in [-0.2, 0) is 15.7 Å². The van der Waals surface area contributed by atoms with Gasteiger partial charge in [-0.1, -0.05) is 159 Å². The highest BCUT2D eigenvalue weighted by Crippen LogP contribution is 2.48. The summed E-state index contributed by atoms with van der Waals surface area (Å²) in [6.45, 7) is 5.37. The second-order valence-electron chi connectivity index (χ2n) is 16.3. The number of rotatable bonds is 16. The Morgan fingerprint density at radius 2 is 1.08 bits per heavy atom. The predicted octanol–water partition coefficient (Wildman–Crippen LogP) is 8.61. The van der Waals surface area contributed by atoms with Crippen molar-refractivity contribution in [2.75, 3.05) is 32.6 Å². The Labute approximate surface area is 380 Å². The molecule has 65 heavy (non-hydrogen) atoms. The Kier molecular flexibility index (Phi) is 12.5. The summed E-state index contributed by atoms with van der Waals surface area (Å²) in [5, 5.41) is 30.0. The van der Waals surface area contributed by atoms with Gasteiger partial charge in [0.05, 0.1) is 32.0 Å². The van der Waals surface area contributed by atoms with Crippen molar-refractivity contribution in [2.24, 2.45) is 0 Å². The number of anilines is 1. The zero-order chi connectivity index (χ0) is 45.0. The number of hydrogen-bond donors (Lipinski definition) is 3. The van der Waals surface area contributed by atoms with Crippen molar-refractivity contribution in [3.05, 3.63) is 216 Å². The zero-order valence-corrected chi connectivity index (χ0v) is 37.0. The second-order valence-corrected chi connectivity index (χ2v) is 16.3. The molecule has 1 aliphatic heterocycles. The molecule has 2 aromatic heterocycles. The molecule has 6 aromatic carbocycles. The number of aromatic nitrogens is 4. The van der Waals surface area contributed by atoms with Gasteiger partial charge >= 0.3 is 0 Å². The van der Waals surface area contributed by atoms with E-state index < -0.39 is 41.5 Å². The molecule has 0 radical (unpaired) electrons. The number of fused-ring (bicyclic) bond motifs is 1. The summed E-state index contributed by atoms with van der Waals surface area (Å²) in [6.07, 6.45) is -1.09. The summed E-state index contributed by atoms with van der Waals surface area (Å²) >= 11 is 0. The first-order valence-electron chi connectivity index (χ1n) is 22.1. The Bertz CT molecular complexity index is 2690. The third kappa shape index (κ3) is 7.60. The average Bonchev–Trinajstić information content (AvgIpc) is 3.96. The first-order valence-corrected chi connectivity index (χ1v) is 22.1. The van der Waals surface area contributed by atoms with E-state index in [0.717, 1.165) is 39.1 Å². The normalized spacial score (nSPS) is 18.1. The zero-order valence-electron chi connectivity index (χ0n) is 37.0. The van der Waals surface area contributed by atoms with Crippen LogP contribution in [0.1, 0.15) is 53.5 Å². The summed E-state index contributed by atoms with van der Waals surface area (Å²) in [4.78, 5) is 16.9. The van der Waals surface area contributed by atoms with Gasteiger partial charge in [0.25, 0.3) is 0 Å². The number of benzene rings is 6. The fourth-order valence-corrected chi connectivity index (χ4v) is 9.97. The van der Waals surface area contributed by atoms with Crippen molar-refractivity contribution in [1.29, 1.82) is 0 Å². The maximum atomic E-state index is 13.3. The number of imidazole rings is 1. The molecule has 1 unspecified atom stereocenters. The van der Waals surface area contributed by atoms with Crippen molar-refractivity contribution in [3.8, 4) is 11.5 Å². The Morgan fingerprint density at radius 1 is 0.631 bits per heavy atom. The minimum Gasteiger partial charge on any atom is -0.497 e. The molecule has 0 amide bonds. The lowest BCUT2D eigenvalue weighted by atomic mass is 9.64. The standard InChI is InChI=1S/C54H54N6O5/c1-5-59(6-2)46-47(61)48(49(62)53(37-19-11-7-12-20-37,38-21-13-8-14-22-38)39-27-31-43(63-3)32-28-39)65-52(46)60-36-57-45-50(55-35-56-51(45)60)58-54(40-23-15-9-16-24-40,41-25-17-10-18-26-41)42-29-33-44(64-4)34-30-42/h7-36,46-49,52,61-62H,5-6H2,1-4H3,(H,55,56,58)/t46-,47+,48+,49?,52-/m1/s1. The first kappa shape index (κ1) is 43.4. The van der Waals surface area contributed by atoms with Gasteiger partial charge < -0.3 is 29.7 Å². The molecule has 1 saturated heterocycles. The van der Waals surface area contributed by atoms with Gasteiger partial charge in [-0.15, -0.1) is 0 Å². The highest BCUT2D eigenvalue weighted by Gasteiger charge is 2.56. The smallest absolute Gasteiger partial charge is 0.167 e. The van der Waals surface area contributed by atoms with E-state index in [9.17, 15) is 10.2 Å². The third-order valence-electron chi connectivity index (χ3n) is 13.1. The van der Waals surface area contributed by atoms with Crippen LogP contribution < -0.4 is 14.8 Å². The molecule has 5 atom stereocenters.